The highest BCUT2D eigenvalue weighted by Crippen LogP contribution is 2.45. The molecule has 1 atom stereocenters. The first kappa shape index (κ1) is 22.2. The molecule has 4 heteroatoms. The Bertz CT molecular complexity index is 1140. The third kappa shape index (κ3) is 4.34. The summed E-state index contributed by atoms with van der Waals surface area (Å²) >= 11 is 0. The molecule has 1 unspecified atom stereocenters. The molecule has 0 saturated carbocycles. The summed E-state index contributed by atoms with van der Waals surface area (Å²) in [7, 11) is 0. The Labute approximate surface area is 192 Å². The molecule has 4 nitrogen and oxygen atoms in total. The molecule has 4 aromatic carbocycles. The summed E-state index contributed by atoms with van der Waals surface area (Å²) in [5.41, 5.74) is 3.65. The molecule has 164 valence electrons. The molecule has 0 aliphatic heterocycles. The van der Waals surface area contributed by atoms with Crippen LogP contribution in [0.25, 0.3) is 0 Å². The zero-order chi connectivity index (χ0) is 23.3. The van der Waals surface area contributed by atoms with E-state index in [9.17, 15) is 14.7 Å². The number of carboxylic acid groups (broad SMARTS) is 1. The molecule has 0 heterocycles. The van der Waals surface area contributed by atoms with Gasteiger partial charge in [0, 0.05) is 12.0 Å². The molecule has 0 spiro atoms. The second kappa shape index (κ2) is 9.63. The quantitative estimate of drug-likeness (QED) is 0.298. The minimum Gasteiger partial charge on any atom is -0.479 e. The van der Waals surface area contributed by atoms with Crippen LogP contribution < -0.4 is 0 Å². The summed E-state index contributed by atoms with van der Waals surface area (Å²) in [6.45, 7) is 0. The summed E-state index contributed by atoms with van der Waals surface area (Å²) in [5, 5.41) is 18.7. The fourth-order valence-electron chi connectivity index (χ4n) is 4.37. The average Bonchev–Trinajstić information content (AvgIpc) is 2.86. The molecule has 0 saturated heterocycles. The number of carboxylic acids is 1. The van der Waals surface area contributed by atoms with E-state index in [-0.39, 0.29) is 0 Å². The van der Waals surface area contributed by atoms with E-state index >= 15 is 0 Å². The van der Waals surface area contributed by atoms with E-state index in [1.54, 1.807) is 12.1 Å². The number of carbonyl (C=O) groups is 2. The minimum atomic E-state index is -1.73. The van der Waals surface area contributed by atoms with Crippen molar-refractivity contribution in [1.82, 2.24) is 0 Å². The third-order valence-electron chi connectivity index (χ3n) is 5.90. The lowest BCUT2D eigenvalue weighted by Gasteiger charge is -2.37. The summed E-state index contributed by atoms with van der Waals surface area (Å²) in [5.74, 6) is -1.83. The van der Waals surface area contributed by atoms with E-state index < -0.39 is 29.7 Å². The molecule has 4 rings (SSSR count). The predicted octanol–water partition coefficient (Wildman–Crippen LogP) is 5.09. The molecule has 0 amide bonds. The maximum Gasteiger partial charge on any atom is 0.332 e. The molecule has 0 fully saturated rings. The number of hydrogen-bond acceptors (Lipinski definition) is 3. The molecule has 2 N–H and O–H groups in total. The number of carbonyl (C=O) groups excluding carboxylic acids is 1. The summed E-state index contributed by atoms with van der Waals surface area (Å²) < 4.78 is 0. The largest absolute Gasteiger partial charge is 0.479 e. The van der Waals surface area contributed by atoms with Crippen LogP contribution in [0.4, 0.5) is 0 Å². The molecule has 0 aromatic heterocycles. The zero-order valence-electron chi connectivity index (χ0n) is 18.0. The van der Waals surface area contributed by atoms with Gasteiger partial charge in [0.2, 0.25) is 0 Å². The predicted molar refractivity (Wildman–Crippen MR) is 127 cm³/mol. The van der Waals surface area contributed by atoms with Crippen LogP contribution in [0.15, 0.2) is 115 Å². The van der Waals surface area contributed by atoms with Gasteiger partial charge in [-0.15, -0.1) is 0 Å². The van der Waals surface area contributed by atoms with Crippen LogP contribution >= 0.6 is 0 Å². The van der Waals surface area contributed by atoms with Crippen molar-refractivity contribution in [2.24, 2.45) is 0 Å². The SMILES string of the molecule is O=C(CC(O)C(=O)O)c1cccc(C(c2ccccc2)(c2ccccc2)c2ccccc2)c1. The van der Waals surface area contributed by atoms with Gasteiger partial charge in [-0.05, 0) is 28.3 Å². The van der Waals surface area contributed by atoms with Crippen LogP contribution in [-0.2, 0) is 10.2 Å². The van der Waals surface area contributed by atoms with Crippen LogP contribution in [0.5, 0.6) is 0 Å². The lowest BCUT2D eigenvalue weighted by atomic mass is 9.65. The van der Waals surface area contributed by atoms with E-state index in [0.717, 1.165) is 22.3 Å². The number of Topliss-reactive ketones (excluding diaryl/α,β-unsaturated/α-hetero) is 1. The molecule has 4 aromatic rings. The second-order valence-corrected chi connectivity index (χ2v) is 7.91. The minimum absolute atomic E-state index is 0.361. The van der Waals surface area contributed by atoms with Crippen molar-refractivity contribution in [3.63, 3.8) is 0 Å². The normalized spacial score (nSPS) is 12.2. The first-order valence-electron chi connectivity index (χ1n) is 10.7. The van der Waals surface area contributed by atoms with Crippen LogP contribution in [0.1, 0.15) is 39.0 Å². The number of ketones is 1. The van der Waals surface area contributed by atoms with Gasteiger partial charge in [0.05, 0.1) is 5.41 Å². The number of benzene rings is 4. The van der Waals surface area contributed by atoms with Crippen molar-refractivity contribution < 1.29 is 19.8 Å². The summed E-state index contributed by atoms with van der Waals surface area (Å²) in [6, 6.07) is 37.6. The number of aliphatic carboxylic acids is 1. The Morgan fingerprint density at radius 2 is 1.06 bits per heavy atom. The van der Waals surface area contributed by atoms with Crippen LogP contribution in [0.2, 0.25) is 0 Å². The van der Waals surface area contributed by atoms with E-state index in [2.05, 4.69) is 36.4 Å². The Morgan fingerprint density at radius 1 is 0.636 bits per heavy atom. The standard InChI is InChI=1S/C29H24O4/c30-26(20-27(31)28(32)33)21-11-10-18-25(19-21)29(22-12-4-1-5-13-22,23-14-6-2-7-15-23)24-16-8-3-9-17-24/h1-19,27,31H,20H2,(H,32,33). The van der Waals surface area contributed by atoms with E-state index in [1.807, 2.05) is 66.7 Å². The van der Waals surface area contributed by atoms with Crippen molar-refractivity contribution in [1.29, 1.82) is 0 Å². The van der Waals surface area contributed by atoms with Crippen LogP contribution in [-0.4, -0.2) is 28.1 Å². The van der Waals surface area contributed by atoms with Gasteiger partial charge in [-0.2, -0.15) is 0 Å². The first-order valence-corrected chi connectivity index (χ1v) is 10.7. The fraction of sp³-hybridized carbons (Fsp3) is 0.103. The van der Waals surface area contributed by atoms with Crippen LogP contribution in [0, 0.1) is 0 Å². The van der Waals surface area contributed by atoms with Crippen molar-refractivity contribution in [2.45, 2.75) is 17.9 Å². The number of aliphatic hydroxyl groups excluding tert-OH is 1. The number of rotatable bonds is 8. The zero-order valence-corrected chi connectivity index (χ0v) is 18.0. The third-order valence-corrected chi connectivity index (χ3v) is 5.90. The maximum absolute atomic E-state index is 12.8. The topological polar surface area (TPSA) is 74.6 Å². The van der Waals surface area contributed by atoms with Gasteiger partial charge in [0.1, 0.15) is 0 Å². The highest BCUT2D eigenvalue weighted by atomic mass is 16.4. The maximum atomic E-state index is 12.8. The Hall–Kier alpha value is -4.02. The van der Waals surface area contributed by atoms with Gasteiger partial charge in [-0.25, -0.2) is 4.79 Å². The van der Waals surface area contributed by atoms with Crippen molar-refractivity contribution in [3.8, 4) is 0 Å². The van der Waals surface area contributed by atoms with Crippen molar-refractivity contribution >= 4 is 11.8 Å². The molecule has 33 heavy (non-hydrogen) atoms. The van der Waals surface area contributed by atoms with E-state index in [0.29, 0.717) is 5.56 Å². The molecular weight excluding hydrogens is 412 g/mol. The summed E-state index contributed by atoms with van der Waals surface area (Å²) in [6.07, 6.45) is -2.21. The molecule has 0 aliphatic rings. The summed E-state index contributed by atoms with van der Waals surface area (Å²) in [4.78, 5) is 23.9. The van der Waals surface area contributed by atoms with E-state index in [4.69, 9.17) is 5.11 Å². The van der Waals surface area contributed by atoms with E-state index in [1.165, 1.54) is 0 Å². The number of aliphatic hydroxyl groups is 1. The van der Waals surface area contributed by atoms with Crippen LogP contribution in [0.3, 0.4) is 0 Å². The molecule has 0 aliphatic carbocycles. The fourth-order valence-corrected chi connectivity index (χ4v) is 4.37. The highest BCUT2D eigenvalue weighted by Gasteiger charge is 2.38. The lowest BCUT2D eigenvalue weighted by molar-refractivity contribution is -0.146. The Morgan fingerprint density at radius 3 is 1.48 bits per heavy atom. The van der Waals surface area contributed by atoms with Crippen molar-refractivity contribution in [3.05, 3.63) is 143 Å². The lowest BCUT2D eigenvalue weighted by Crippen LogP contribution is -2.31. The van der Waals surface area contributed by atoms with Gasteiger partial charge in [-0.1, -0.05) is 109 Å². The Kier molecular flexibility index (Phi) is 6.48. The Balaban J connectivity index is 1.97. The second-order valence-electron chi connectivity index (χ2n) is 7.91. The molecule has 0 radical (unpaired) electrons. The van der Waals surface area contributed by atoms with Crippen molar-refractivity contribution in [2.75, 3.05) is 0 Å². The van der Waals surface area contributed by atoms with Gasteiger partial charge >= 0.3 is 5.97 Å². The number of hydrogen-bond donors (Lipinski definition) is 2. The molecule has 0 bridgehead atoms. The first-order chi connectivity index (χ1) is 16.0. The van der Waals surface area contributed by atoms with Gasteiger partial charge in [0.15, 0.2) is 11.9 Å². The molecular formula is C29H24O4. The monoisotopic (exact) mass is 436 g/mol. The van der Waals surface area contributed by atoms with Gasteiger partial charge in [0.25, 0.3) is 0 Å². The van der Waals surface area contributed by atoms with Gasteiger partial charge < -0.3 is 10.2 Å². The smallest absolute Gasteiger partial charge is 0.332 e. The average molecular weight is 437 g/mol. The highest BCUT2D eigenvalue weighted by molar-refractivity contribution is 5.98. The van der Waals surface area contributed by atoms with Gasteiger partial charge in [-0.3, -0.25) is 4.79 Å².